The van der Waals surface area contributed by atoms with Gasteiger partial charge in [-0.25, -0.2) is 0 Å². The maximum atomic E-state index is 12.1. The number of anilines is 1. The Hall–Kier alpha value is -1.75. The fraction of sp³-hybridized carbons (Fsp3) is 0.556. The maximum absolute atomic E-state index is 12.1. The third-order valence-electron chi connectivity index (χ3n) is 4.14. The molecule has 0 spiro atoms. The highest BCUT2D eigenvalue weighted by Crippen LogP contribution is 2.14. The van der Waals surface area contributed by atoms with Crippen molar-refractivity contribution >= 4 is 29.9 Å². The number of hydrogen-bond donors (Lipinski definition) is 2. The molecule has 0 atom stereocenters. The number of nitrogens with one attached hydrogen (secondary N) is 1. The minimum Gasteiger partial charge on any atom is -0.399 e. The van der Waals surface area contributed by atoms with Crippen LogP contribution in [-0.4, -0.2) is 35.8 Å². The average Bonchev–Trinajstić information content (AvgIpc) is 2.49. The van der Waals surface area contributed by atoms with Crippen LogP contribution >= 0.6 is 12.4 Å². The van der Waals surface area contributed by atoms with Crippen LogP contribution in [-0.2, 0) is 16.0 Å². The second kappa shape index (κ2) is 9.52. The van der Waals surface area contributed by atoms with Crippen LogP contribution in [0.4, 0.5) is 5.69 Å². The fourth-order valence-corrected chi connectivity index (χ4v) is 2.85. The minimum atomic E-state index is 0. The molecule has 134 valence electrons. The van der Waals surface area contributed by atoms with Crippen molar-refractivity contribution in [2.75, 3.05) is 18.8 Å². The molecule has 1 aromatic carbocycles. The van der Waals surface area contributed by atoms with Gasteiger partial charge >= 0.3 is 0 Å². The number of piperidine rings is 1. The van der Waals surface area contributed by atoms with Gasteiger partial charge < -0.3 is 16.0 Å². The Morgan fingerprint density at radius 2 is 1.79 bits per heavy atom. The number of nitrogens with two attached hydrogens (primary N) is 1. The summed E-state index contributed by atoms with van der Waals surface area (Å²) in [6.07, 6.45) is 2.63. The molecule has 1 saturated heterocycles. The zero-order valence-corrected chi connectivity index (χ0v) is 15.3. The molecule has 0 aliphatic carbocycles. The number of nitrogens with zero attached hydrogens (tertiary/aromatic N) is 1. The lowest BCUT2D eigenvalue weighted by Gasteiger charge is -2.33. The predicted octanol–water partition coefficient (Wildman–Crippen LogP) is 2.39. The van der Waals surface area contributed by atoms with Crippen molar-refractivity contribution in [2.45, 2.75) is 45.6 Å². The van der Waals surface area contributed by atoms with Gasteiger partial charge in [-0.3, -0.25) is 9.59 Å². The van der Waals surface area contributed by atoms with E-state index in [1.807, 2.05) is 17.0 Å². The van der Waals surface area contributed by atoms with Gasteiger partial charge in [0.15, 0.2) is 0 Å². The molecule has 0 bridgehead atoms. The fourth-order valence-electron chi connectivity index (χ4n) is 2.85. The molecule has 1 aliphatic rings. The summed E-state index contributed by atoms with van der Waals surface area (Å²) in [5, 5.41) is 3.07. The van der Waals surface area contributed by atoms with Gasteiger partial charge in [0.05, 0.1) is 6.42 Å². The molecular weight excluding hydrogens is 326 g/mol. The number of nitrogen functional groups attached to an aromatic ring is 1. The van der Waals surface area contributed by atoms with Crippen molar-refractivity contribution in [3.05, 3.63) is 29.8 Å². The van der Waals surface area contributed by atoms with Crippen molar-refractivity contribution in [3.8, 4) is 0 Å². The third kappa shape index (κ3) is 6.40. The molecule has 0 unspecified atom stereocenters. The first-order chi connectivity index (χ1) is 10.9. The molecule has 1 aliphatic heterocycles. The van der Waals surface area contributed by atoms with Crippen molar-refractivity contribution in [3.63, 3.8) is 0 Å². The van der Waals surface area contributed by atoms with Gasteiger partial charge in [-0.2, -0.15) is 0 Å². The number of rotatable bonds is 5. The van der Waals surface area contributed by atoms with Crippen LogP contribution < -0.4 is 11.1 Å². The van der Waals surface area contributed by atoms with E-state index in [0.29, 0.717) is 24.4 Å². The quantitative estimate of drug-likeness (QED) is 0.798. The Bertz CT molecular complexity index is 538. The zero-order chi connectivity index (χ0) is 16.8. The summed E-state index contributed by atoms with van der Waals surface area (Å²) in [4.78, 5) is 26.1. The van der Waals surface area contributed by atoms with E-state index in [9.17, 15) is 9.59 Å². The molecule has 0 radical (unpaired) electrons. The van der Waals surface area contributed by atoms with Gasteiger partial charge in [-0.1, -0.05) is 26.0 Å². The highest BCUT2D eigenvalue weighted by Gasteiger charge is 2.24. The van der Waals surface area contributed by atoms with E-state index in [1.165, 1.54) is 0 Å². The normalized spacial score (nSPS) is 15.0. The van der Waals surface area contributed by atoms with E-state index in [2.05, 4.69) is 19.2 Å². The van der Waals surface area contributed by atoms with Crippen LogP contribution in [0.1, 0.15) is 38.7 Å². The predicted molar refractivity (Wildman–Crippen MR) is 99.0 cm³/mol. The van der Waals surface area contributed by atoms with Crippen molar-refractivity contribution in [1.29, 1.82) is 0 Å². The first kappa shape index (κ1) is 20.3. The lowest BCUT2D eigenvalue weighted by molar-refractivity contribution is -0.133. The smallest absolute Gasteiger partial charge is 0.224 e. The van der Waals surface area contributed by atoms with Crippen molar-refractivity contribution < 1.29 is 9.59 Å². The molecule has 6 heteroatoms. The SMILES string of the molecule is CC(C)CC(=O)N1CCC(NC(=O)Cc2ccc(N)cc2)CC1.Cl. The zero-order valence-electron chi connectivity index (χ0n) is 14.5. The number of benzene rings is 1. The molecule has 24 heavy (non-hydrogen) atoms. The third-order valence-corrected chi connectivity index (χ3v) is 4.14. The molecule has 1 fully saturated rings. The molecular formula is C18H28ClN3O2. The van der Waals surface area contributed by atoms with E-state index in [4.69, 9.17) is 5.73 Å². The lowest BCUT2D eigenvalue weighted by atomic mass is 10.0. The number of halogens is 1. The van der Waals surface area contributed by atoms with Crippen LogP contribution in [0.3, 0.4) is 0 Å². The molecule has 2 amide bonds. The van der Waals surface area contributed by atoms with Crippen LogP contribution in [0.15, 0.2) is 24.3 Å². The summed E-state index contributed by atoms with van der Waals surface area (Å²) in [5.41, 5.74) is 7.30. The van der Waals surface area contributed by atoms with Crippen molar-refractivity contribution in [2.24, 2.45) is 5.92 Å². The van der Waals surface area contributed by atoms with Gasteiger partial charge in [0.1, 0.15) is 0 Å². The first-order valence-electron chi connectivity index (χ1n) is 8.35. The number of likely N-dealkylation sites (tertiary alicyclic amines) is 1. The second-order valence-corrected chi connectivity index (χ2v) is 6.74. The standard InChI is InChI=1S/C18H27N3O2.ClH/c1-13(2)11-18(23)21-9-7-16(8-10-21)20-17(22)12-14-3-5-15(19)6-4-14;/h3-6,13,16H,7-12,19H2,1-2H3,(H,20,22);1H. The summed E-state index contributed by atoms with van der Waals surface area (Å²) in [5.74, 6) is 0.646. The molecule has 0 aromatic heterocycles. The summed E-state index contributed by atoms with van der Waals surface area (Å²) in [6.45, 7) is 5.58. The average molecular weight is 354 g/mol. The van der Waals surface area contributed by atoms with Crippen LogP contribution in [0, 0.1) is 5.92 Å². The Balaban J connectivity index is 0.00000288. The van der Waals surface area contributed by atoms with Crippen LogP contribution in [0.25, 0.3) is 0 Å². The van der Waals surface area contributed by atoms with Gasteiger partial charge in [0.2, 0.25) is 11.8 Å². The second-order valence-electron chi connectivity index (χ2n) is 6.74. The Labute approximate surface area is 150 Å². The highest BCUT2D eigenvalue weighted by atomic mass is 35.5. The Morgan fingerprint density at radius 3 is 2.33 bits per heavy atom. The lowest BCUT2D eigenvalue weighted by Crippen LogP contribution is -2.47. The largest absolute Gasteiger partial charge is 0.399 e. The minimum absolute atomic E-state index is 0. The highest BCUT2D eigenvalue weighted by molar-refractivity contribution is 5.85. The molecule has 1 aromatic rings. The van der Waals surface area contributed by atoms with E-state index < -0.39 is 0 Å². The summed E-state index contributed by atoms with van der Waals surface area (Å²) >= 11 is 0. The molecule has 1 heterocycles. The molecule has 5 nitrogen and oxygen atoms in total. The van der Waals surface area contributed by atoms with Gasteiger partial charge in [-0.15, -0.1) is 12.4 Å². The van der Waals surface area contributed by atoms with E-state index >= 15 is 0 Å². The number of carbonyl (C=O) groups excluding carboxylic acids is 2. The first-order valence-corrected chi connectivity index (χ1v) is 8.35. The van der Waals surface area contributed by atoms with Crippen LogP contribution in [0.2, 0.25) is 0 Å². The van der Waals surface area contributed by atoms with Crippen LogP contribution in [0.5, 0.6) is 0 Å². The Morgan fingerprint density at radius 1 is 1.21 bits per heavy atom. The van der Waals surface area contributed by atoms with E-state index in [0.717, 1.165) is 31.5 Å². The van der Waals surface area contributed by atoms with E-state index in [-0.39, 0.29) is 30.3 Å². The van der Waals surface area contributed by atoms with E-state index in [1.54, 1.807) is 12.1 Å². The summed E-state index contributed by atoms with van der Waals surface area (Å²) in [6, 6.07) is 7.53. The number of hydrogen-bond acceptors (Lipinski definition) is 3. The van der Waals surface area contributed by atoms with Gasteiger partial charge in [-0.05, 0) is 36.5 Å². The monoisotopic (exact) mass is 353 g/mol. The summed E-state index contributed by atoms with van der Waals surface area (Å²) < 4.78 is 0. The Kier molecular flexibility index (Phi) is 8.05. The summed E-state index contributed by atoms with van der Waals surface area (Å²) in [7, 11) is 0. The molecule has 0 saturated carbocycles. The number of amides is 2. The maximum Gasteiger partial charge on any atom is 0.224 e. The van der Waals surface area contributed by atoms with Gasteiger partial charge in [0, 0.05) is 31.2 Å². The topological polar surface area (TPSA) is 75.4 Å². The molecule has 3 N–H and O–H groups in total. The van der Waals surface area contributed by atoms with Gasteiger partial charge in [0.25, 0.3) is 0 Å². The molecule has 2 rings (SSSR count). The van der Waals surface area contributed by atoms with Crippen molar-refractivity contribution in [1.82, 2.24) is 10.2 Å². The number of carbonyl (C=O) groups is 2.